The van der Waals surface area contributed by atoms with Gasteiger partial charge in [-0.05, 0) is 43.4 Å². The molecule has 9 heteroatoms. The van der Waals surface area contributed by atoms with E-state index in [9.17, 15) is 4.79 Å². The number of likely N-dealkylation sites (tertiary alicyclic amines) is 1. The minimum absolute atomic E-state index is 0.0476. The molecule has 1 spiro atoms. The van der Waals surface area contributed by atoms with E-state index in [-0.39, 0.29) is 23.5 Å². The van der Waals surface area contributed by atoms with Crippen LogP contribution in [0.15, 0.2) is 43.0 Å². The fourth-order valence-corrected chi connectivity index (χ4v) is 5.31. The zero-order valence-electron chi connectivity index (χ0n) is 16.3. The molecule has 3 fully saturated rings. The second kappa shape index (κ2) is 6.25. The lowest BCUT2D eigenvalue weighted by molar-refractivity contribution is -0.0345. The first kappa shape index (κ1) is 17.8. The van der Waals surface area contributed by atoms with Crippen molar-refractivity contribution >= 4 is 17.5 Å². The zero-order valence-corrected chi connectivity index (χ0v) is 17.0. The third-order valence-electron chi connectivity index (χ3n) is 6.63. The van der Waals surface area contributed by atoms with E-state index in [2.05, 4.69) is 20.2 Å². The molecule has 3 aliphatic rings. The van der Waals surface area contributed by atoms with Gasteiger partial charge in [0.2, 0.25) is 5.88 Å². The van der Waals surface area contributed by atoms with Gasteiger partial charge in [0.05, 0.1) is 29.0 Å². The molecule has 4 heterocycles. The molecule has 3 aromatic rings. The van der Waals surface area contributed by atoms with Crippen molar-refractivity contribution in [1.82, 2.24) is 29.9 Å². The Kier molecular flexibility index (Phi) is 3.71. The third-order valence-corrected chi connectivity index (χ3v) is 6.85. The number of nitrogens with zero attached hydrogens (tertiary/aromatic N) is 6. The number of hydrogen-bond acceptors (Lipinski definition) is 6. The van der Waals surface area contributed by atoms with Gasteiger partial charge in [-0.15, -0.1) is 4.80 Å². The van der Waals surface area contributed by atoms with E-state index in [1.54, 1.807) is 36.9 Å². The van der Waals surface area contributed by atoms with Crippen LogP contribution in [0, 0.1) is 18.3 Å². The fourth-order valence-electron chi connectivity index (χ4n) is 5.20. The molecule has 4 unspecified atom stereocenters. The molecule has 0 bridgehead atoms. The summed E-state index contributed by atoms with van der Waals surface area (Å²) in [5.41, 5.74) is 1.63. The maximum Gasteiger partial charge on any atom is 0.258 e. The Morgan fingerprint density at radius 2 is 2.03 bits per heavy atom. The summed E-state index contributed by atoms with van der Waals surface area (Å²) in [4.78, 5) is 25.7. The monoisotopic (exact) mass is 422 g/mol. The first-order chi connectivity index (χ1) is 14.5. The molecule has 2 aliphatic carbocycles. The highest BCUT2D eigenvalue weighted by atomic mass is 35.5. The maximum absolute atomic E-state index is 13.6. The lowest BCUT2D eigenvalue weighted by Crippen LogP contribution is -2.59. The average molecular weight is 423 g/mol. The topological polar surface area (TPSA) is 86.0 Å². The number of piperidine rings is 1. The predicted octanol–water partition coefficient (Wildman–Crippen LogP) is 2.70. The van der Waals surface area contributed by atoms with E-state index in [1.807, 2.05) is 17.9 Å². The maximum atomic E-state index is 13.6. The molecule has 6 rings (SSSR count). The fraction of sp³-hybridized carbons (Fsp3) is 0.381. The minimum Gasteiger partial charge on any atom is -0.472 e. The van der Waals surface area contributed by atoms with Gasteiger partial charge < -0.3 is 9.64 Å². The standard InChI is InChI=1S/C21H19ClN6O2/c1-12-6-15(19(24-9-12)28-25-4-5-26-28)20(29)27-11-13-7-21(13)8-16(18(21)27)30-17-3-2-14(22)10-23-17/h2-6,9-10,13,16,18H,7-8,11H2,1H3. The van der Waals surface area contributed by atoms with E-state index in [0.29, 0.717) is 28.2 Å². The molecule has 152 valence electrons. The quantitative estimate of drug-likeness (QED) is 0.642. The Hall–Kier alpha value is -3.00. The summed E-state index contributed by atoms with van der Waals surface area (Å²) in [5.74, 6) is 1.48. The van der Waals surface area contributed by atoms with Gasteiger partial charge in [0.25, 0.3) is 5.91 Å². The third kappa shape index (κ3) is 2.56. The molecule has 1 aliphatic heterocycles. The van der Waals surface area contributed by atoms with Crippen molar-refractivity contribution in [1.29, 1.82) is 0 Å². The Morgan fingerprint density at radius 3 is 2.80 bits per heavy atom. The molecule has 30 heavy (non-hydrogen) atoms. The highest BCUT2D eigenvalue weighted by Crippen LogP contribution is 2.71. The number of halogens is 1. The average Bonchev–Trinajstić information content (AvgIpc) is 3.10. The number of pyridine rings is 2. The van der Waals surface area contributed by atoms with Gasteiger partial charge in [-0.1, -0.05) is 11.6 Å². The van der Waals surface area contributed by atoms with E-state index in [1.165, 1.54) is 4.80 Å². The number of aromatic nitrogens is 5. The molecule has 4 atom stereocenters. The number of amides is 1. The summed E-state index contributed by atoms with van der Waals surface area (Å²) in [7, 11) is 0. The van der Waals surface area contributed by atoms with Crippen LogP contribution >= 0.6 is 11.6 Å². The second-order valence-corrected chi connectivity index (χ2v) is 8.85. The van der Waals surface area contributed by atoms with Crippen LogP contribution in [0.3, 0.4) is 0 Å². The van der Waals surface area contributed by atoms with Gasteiger partial charge in [-0.2, -0.15) is 10.2 Å². The van der Waals surface area contributed by atoms with Crippen LogP contribution in [0.2, 0.25) is 5.02 Å². The van der Waals surface area contributed by atoms with Crippen LogP contribution in [0.25, 0.3) is 5.82 Å². The molecule has 2 saturated carbocycles. The zero-order chi connectivity index (χ0) is 20.5. The summed E-state index contributed by atoms with van der Waals surface area (Å²) < 4.78 is 6.14. The van der Waals surface area contributed by atoms with E-state index in [0.717, 1.165) is 24.9 Å². The van der Waals surface area contributed by atoms with Crippen molar-refractivity contribution in [3.05, 3.63) is 59.1 Å². The summed E-state index contributed by atoms with van der Waals surface area (Å²) in [5, 5.41) is 8.89. The second-order valence-electron chi connectivity index (χ2n) is 8.41. The van der Waals surface area contributed by atoms with Gasteiger partial charge in [-0.3, -0.25) is 4.79 Å². The molecule has 8 nitrogen and oxygen atoms in total. The SMILES string of the molecule is Cc1cnc(-n2nccn2)c(C(=O)N2CC3CC34CC(Oc3ccc(Cl)cn3)C24)c1. The first-order valence-electron chi connectivity index (χ1n) is 9.98. The molecule has 1 saturated heterocycles. The molecule has 0 radical (unpaired) electrons. The Morgan fingerprint density at radius 1 is 1.20 bits per heavy atom. The summed E-state index contributed by atoms with van der Waals surface area (Å²) in [6, 6.07) is 5.44. The summed E-state index contributed by atoms with van der Waals surface area (Å²) in [6.45, 7) is 2.67. The molecule has 3 aromatic heterocycles. The Balaban J connectivity index is 1.30. The Bertz CT molecular complexity index is 1130. The van der Waals surface area contributed by atoms with Crippen LogP contribution in [0.5, 0.6) is 5.88 Å². The van der Waals surface area contributed by atoms with Crippen molar-refractivity contribution in [3.63, 3.8) is 0 Å². The largest absolute Gasteiger partial charge is 0.472 e. The molecular weight excluding hydrogens is 404 g/mol. The van der Waals surface area contributed by atoms with Gasteiger partial charge in [0.1, 0.15) is 6.10 Å². The van der Waals surface area contributed by atoms with Gasteiger partial charge in [-0.25, -0.2) is 9.97 Å². The van der Waals surface area contributed by atoms with Crippen LogP contribution in [-0.2, 0) is 0 Å². The van der Waals surface area contributed by atoms with Crippen LogP contribution < -0.4 is 4.74 Å². The van der Waals surface area contributed by atoms with Gasteiger partial charge in [0, 0.05) is 30.4 Å². The van der Waals surface area contributed by atoms with E-state index >= 15 is 0 Å². The van der Waals surface area contributed by atoms with E-state index in [4.69, 9.17) is 16.3 Å². The van der Waals surface area contributed by atoms with E-state index < -0.39 is 0 Å². The summed E-state index contributed by atoms with van der Waals surface area (Å²) >= 11 is 5.93. The van der Waals surface area contributed by atoms with Crippen LogP contribution in [-0.4, -0.2) is 54.5 Å². The van der Waals surface area contributed by atoms with Crippen molar-refractivity contribution in [2.45, 2.75) is 31.9 Å². The molecule has 1 amide bonds. The van der Waals surface area contributed by atoms with Crippen molar-refractivity contribution < 1.29 is 9.53 Å². The number of carbonyl (C=O) groups excluding carboxylic acids is 1. The Labute approximate surface area is 177 Å². The molecule has 0 aromatic carbocycles. The summed E-state index contributed by atoms with van der Waals surface area (Å²) in [6.07, 6.45) is 8.49. The normalized spacial score (nSPS) is 28.5. The number of rotatable bonds is 4. The number of aryl methyl sites for hydroxylation is 1. The number of hydrogen-bond donors (Lipinski definition) is 0. The highest BCUT2D eigenvalue weighted by molar-refractivity contribution is 6.30. The molecular formula is C21H19ClN6O2. The van der Waals surface area contributed by atoms with Gasteiger partial charge in [0.15, 0.2) is 5.82 Å². The first-order valence-corrected chi connectivity index (χ1v) is 10.4. The lowest BCUT2D eigenvalue weighted by atomic mass is 9.73. The van der Waals surface area contributed by atoms with Gasteiger partial charge >= 0.3 is 0 Å². The number of carbonyl (C=O) groups is 1. The highest BCUT2D eigenvalue weighted by Gasteiger charge is 2.76. The lowest BCUT2D eigenvalue weighted by Gasteiger charge is -2.47. The minimum atomic E-state index is -0.0702. The van der Waals surface area contributed by atoms with Crippen molar-refractivity contribution in [2.75, 3.05) is 6.54 Å². The molecule has 0 N–H and O–H groups in total. The van der Waals surface area contributed by atoms with Crippen molar-refractivity contribution in [2.24, 2.45) is 11.3 Å². The van der Waals surface area contributed by atoms with Crippen LogP contribution in [0.4, 0.5) is 0 Å². The van der Waals surface area contributed by atoms with Crippen LogP contribution in [0.1, 0.15) is 28.8 Å². The van der Waals surface area contributed by atoms with Crippen molar-refractivity contribution in [3.8, 4) is 11.7 Å². The predicted molar refractivity (Wildman–Crippen MR) is 108 cm³/mol. The smallest absolute Gasteiger partial charge is 0.258 e. The number of ether oxygens (including phenoxy) is 1.